The zero-order valence-corrected chi connectivity index (χ0v) is 14.2. The number of sulfonamides is 1. The van der Waals surface area contributed by atoms with Gasteiger partial charge in [0.15, 0.2) is 0 Å². The standard InChI is InChI=1S/C14H19N3O3S2/c1-3-17-6-5-15-14(17)13-11(4-7-20-13)16-22(18,19)12-8-10(2)9-21-12/h5-6,8-9,11,13,16H,3-4,7H2,1-2H3/t11-,13-/m1/s1. The number of ether oxygens (including phenoxy) is 1. The van der Waals surface area contributed by atoms with Gasteiger partial charge in [-0.2, -0.15) is 0 Å². The van der Waals surface area contributed by atoms with Gasteiger partial charge in [-0.15, -0.1) is 11.3 Å². The van der Waals surface area contributed by atoms with Crippen LogP contribution in [0.4, 0.5) is 0 Å². The largest absolute Gasteiger partial charge is 0.369 e. The molecule has 3 rings (SSSR count). The summed E-state index contributed by atoms with van der Waals surface area (Å²) in [6.07, 6.45) is 3.90. The second-order valence-electron chi connectivity index (χ2n) is 5.32. The molecule has 2 aromatic rings. The predicted molar refractivity (Wildman–Crippen MR) is 84.4 cm³/mol. The van der Waals surface area contributed by atoms with Crippen molar-refractivity contribution >= 4 is 21.4 Å². The molecule has 8 heteroatoms. The van der Waals surface area contributed by atoms with Gasteiger partial charge in [0.05, 0.1) is 6.04 Å². The Labute approximate surface area is 134 Å². The summed E-state index contributed by atoms with van der Waals surface area (Å²) < 4.78 is 35.8. The molecule has 0 saturated carbocycles. The molecule has 1 N–H and O–H groups in total. The Morgan fingerprint density at radius 1 is 1.55 bits per heavy atom. The van der Waals surface area contributed by atoms with Gasteiger partial charge < -0.3 is 9.30 Å². The minimum Gasteiger partial charge on any atom is -0.369 e. The van der Waals surface area contributed by atoms with E-state index in [4.69, 9.17) is 4.74 Å². The van der Waals surface area contributed by atoms with Gasteiger partial charge >= 0.3 is 0 Å². The van der Waals surface area contributed by atoms with Crippen molar-refractivity contribution in [3.63, 3.8) is 0 Å². The highest BCUT2D eigenvalue weighted by atomic mass is 32.2. The molecule has 0 unspecified atom stereocenters. The Balaban J connectivity index is 1.82. The molecule has 1 aliphatic heterocycles. The number of hydrogen-bond donors (Lipinski definition) is 1. The van der Waals surface area contributed by atoms with Crippen molar-refractivity contribution in [3.05, 3.63) is 35.2 Å². The third-order valence-electron chi connectivity index (χ3n) is 3.71. The van der Waals surface area contributed by atoms with E-state index in [-0.39, 0.29) is 12.1 Å². The summed E-state index contributed by atoms with van der Waals surface area (Å²) in [5.41, 5.74) is 0.950. The molecule has 1 aliphatic rings. The van der Waals surface area contributed by atoms with Crippen molar-refractivity contribution in [2.45, 2.75) is 43.2 Å². The van der Waals surface area contributed by atoms with Crippen LogP contribution in [0, 0.1) is 6.92 Å². The van der Waals surface area contributed by atoms with E-state index in [1.807, 2.05) is 30.0 Å². The maximum Gasteiger partial charge on any atom is 0.250 e. The first-order valence-electron chi connectivity index (χ1n) is 7.21. The van der Waals surface area contributed by atoms with Gasteiger partial charge in [0.2, 0.25) is 10.0 Å². The first-order valence-corrected chi connectivity index (χ1v) is 9.57. The highest BCUT2D eigenvalue weighted by molar-refractivity contribution is 7.91. The van der Waals surface area contributed by atoms with Gasteiger partial charge in [-0.25, -0.2) is 18.1 Å². The molecule has 1 saturated heterocycles. The van der Waals surface area contributed by atoms with Crippen molar-refractivity contribution in [3.8, 4) is 0 Å². The number of rotatable bonds is 5. The Hall–Kier alpha value is -1.22. The van der Waals surface area contributed by atoms with Gasteiger partial charge in [0.1, 0.15) is 16.1 Å². The fourth-order valence-electron chi connectivity index (χ4n) is 2.61. The second kappa shape index (κ2) is 6.11. The maximum absolute atomic E-state index is 12.5. The highest BCUT2D eigenvalue weighted by Crippen LogP contribution is 2.30. The van der Waals surface area contributed by atoms with E-state index < -0.39 is 10.0 Å². The minimum atomic E-state index is -3.51. The summed E-state index contributed by atoms with van der Waals surface area (Å²) in [6.45, 7) is 5.21. The van der Waals surface area contributed by atoms with E-state index in [0.29, 0.717) is 17.2 Å². The Morgan fingerprint density at radius 2 is 2.36 bits per heavy atom. The summed E-state index contributed by atoms with van der Waals surface area (Å²) in [5, 5.41) is 1.83. The number of hydrogen-bond acceptors (Lipinski definition) is 5. The summed E-state index contributed by atoms with van der Waals surface area (Å²) in [7, 11) is -3.51. The van der Waals surface area contributed by atoms with Crippen LogP contribution in [0.5, 0.6) is 0 Å². The topological polar surface area (TPSA) is 73.2 Å². The molecule has 2 atom stereocenters. The SMILES string of the molecule is CCn1ccnc1[C@@H]1OCC[C@H]1NS(=O)(=O)c1cc(C)cs1. The van der Waals surface area contributed by atoms with Gasteiger partial charge in [-0.1, -0.05) is 0 Å². The number of nitrogens with zero attached hydrogens (tertiary/aromatic N) is 2. The summed E-state index contributed by atoms with van der Waals surface area (Å²) in [4.78, 5) is 4.33. The van der Waals surface area contributed by atoms with Gasteiger partial charge in [0.25, 0.3) is 0 Å². The van der Waals surface area contributed by atoms with Crippen molar-refractivity contribution in [1.29, 1.82) is 0 Å². The average Bonchev–Trinajstić information content (AvgIpc) is 3.17. The lowest BCUT2D eigenvalue weighted by molar-refractivity contribution is 0.0926. The molecule has 3 heterocycles. The van der Waals surface area contributed by atoms with Crippen molar-refractivity contribution in [2.75, 3.05) is 6.61 Å². The van der Waals surface area contributed by atoms with Crippen LogP contribution >= 0.6 is 11.3 Å². The molecule has 1 fully saturated rings. The second-order valence-corrected chi connectivity index (χ2v) is 8.17. The molecule has 120 valence electrons. The molecule has 0 amide bonds. The van der Waals surface area contributed by atoms with Gasteiger partial charge in [-0.05, 0) is 37.3 Å². The summed E-state index contributed by atoms with van der Waals surface area (Å²) in [5.74, 6) is 0.773. The molecule has 0 radical (unpaired) electrons. The smallest absolute Gasteiger partial charge is 0.250 e. The fraction of sp³-hybridized carbons (Fsp3) is 0.500. The van der Waals surface area contributed by atoms with E-state index in [9.17, 15) is 8.42 Å². The van der Waals surface area contributed by atoms with Crippen molar-refractivity contribution in [2.24, 2.45) is 0 Å². The predicted octanol–water partition coefficient (Wildman–Crippen LogP) is 2.08. The third kappa shape index (κ3) is 2.96. The lowest BCUT2D eigenvalue weighted by Crippen LogP contribution is -2.37. The quantitative estimate of drug-likeness (QED) is 0.904. The van der Waals surface area contributed by atoms with E-state index in [2.05, 4.69) is 9.71 Å². The summed E-state index contributed by atoms with van der Waals surface area (Å²) >= 11 is 1.23. The average molecular weight is 341 g/mol. The first kappa shape index (κ1) is 15.7. The van der Waals surface area contributed by atoms with Gasteiger partial charge in [0, 0.05) is 25.5 Å². The molecule has 6 nitrogen and oxygen atoms in total. The number of imidazole rings is 1. The lowest BCUT2D eigenvalue weighted by Gasteiger charge is -2.19. The molecule has 22 heavy (non-hydrogen) atoms. The van der Waals surface area contributed by atoms with Gasteiger partial charge in [-0.3, -0.25) is 0 Å². The van der Waals surface area contributed by atoms with Crippen LogP contribution in [0.3, 0.4) is 0 Å². The number of nitrogens with one attached hydrogen (secondary N) is 1. The monoisotopic (exact) mass is 341 g/mol. The van der Waals surface area contributed by atoms with Crippen LogP contribution in [-0.2, 0) is 21.3 Å². The highest BCUT2D eigenvalue weighted by Gasteiger charge is 2.36. The van der Waals surface area contributed by atoms with Crippen LogP contribution < -0.4 is 4.72 Å². The zero-order valence-electron chi connectivity index (χ0n) is 12.5. The van der Waals surface area contributed by atoms with Crippen LogP contribution in [-0.4, -0.2) is 30.6 Å². The molecule has 0 aromatic carbocycles. The summed E-state index contributed by atoms with van der Waals surface area (Å²) in [6, 6.07) is 1.39. The van der Waals surface area contributed by atoms with Crippen LogP contribution in [0.25, 0.3) is 0 Å². The van der Waals surface area contributed by atoms with Crippen LogP contribution in [0.15, 0.2) is 28.0 Å². The van der Waals surface area contributed by atoms with E-state index in [1.54, 1.807) is 12.3 Å². The molecular formula is C14H19N3O3S2. The number of aromatic nitrogens is 2. The van der Waals surface area contributed by atoms with E-state index in [0.717, 1.165) is 17.9 Å². The van der Waals surface area contributed by atoms with Crippen LogP contribution in [0.2, 0.25) is 0 Å². The Kier molecular flexibility index (Phi) is 4.35. The normalized spacial score (nSPS) is 22.3. The van der Waals surface area contributed by atoms with Crippen molar-refractivity contribution < 1.29 is 13.2 Å². The maximum atomic E-state index is 12.5. The Bertz CT molecular complexity index is 751. The molecule has 2 aromatic heterocycles. The molecule has 0 spiro atoms. The number of thiophene rings is 1. The molecule has 0 bridgehead atoms. The first-order chi connectivity index (χ1) is 10.5. The molecular weight excluding hydrogens is 322 g/mol. The fourth-order valence-corrected chi connectivity index (χ4v) is 5.13. The minimum absolute atomic E-state index is 0.292. The zero-order chi connectivity index (χ0) is 15.7. The van der Waals surface area contributed by atoms with E-state index in [1.165, 1.54) is 11.3 Å². The third-order valence-corrected chi connectivity index (χ3v) is 6.76. The van der Waals surface area contributed by atoms with Crippen LogP contribution in [0.1, 0.15) is 30.8 Å². The van der Waals surface area contributed by atoms with E-state index >= 15 is 0 Å². The lowest BCUT2D eigenvalue weighted by atomic mass is 10.1. The molecule has 0 aliphatic carbocycles. The number of aryl methyl sites for hydroxylation is 2. The van der Waals surface area contributed by atoms with Crippen molar-refractivity contribution in [1.82, 2.24) is 14.3 Å². The Morgan fingerprint density at radius 3 is 3.05 bits per heavy atom.